The monoisotopic (exact) mass is 348 g/mol. The van der Waals surface area contributed by atoms with Crippen molar-refractivity contribution in [3.8, 4) is 0 Å². The van der Waals surface area contributed by atoms with Gasteiger partial charge in [0.05, 0.1) is 12.6 Å². The van der Waals surface area contributed by atoms with Crippen molar-refractivity contribution < 1.29 is 4.79 Å². The van der Waals surface area contributed by atoms with Gasteiger partial charge in [-0.2, -0.15) is 0 Å². The highest BCUT2D eigenvalue weighted by atomic mass is 16.2. The Morgan fingerprint density at radius 3 is 2.62 bits per heavy atom. The summed E-state index contributed by atoms with van der Waals surface area (Å²) in [4.78, 5) is 23.5. The number of aromatic nitrogens is 3. The summed E-state index contributed by atoms with van der Waals surface area (Å²) in [6, 6.07) is 14.0. The highest BCUT2D eigenvalue weighted by Crippen LogP contribution is 2.23. The summed E-state index contributed by atoms with van der Waals surface area (Å²) in [5, 5.41) is 0. The third kappa shape index (κ3) is 4.36. The third-order valence-electron chi connectivity index (χ3n) is 4.65. The van der Waals surface area contributed by atoms with Gasteiger partial charge < -0.3 is 9.47 Å². The van der Waals surface area contributed by atoms with E-state index in [4.69, 9.17) is 0 Å². The average molecular weight is 348 g/mol. The van der Waals surface area contributed by atoms with Crippen molar-refractivity contribution >= 4 is 5.91 Å². The number of carbonyl (C=O) groups is 1. The molecule has 3 rings (SSSR count). The number of benzene rings is 1. The van der Waals surface area contributed by atoms with E-state index in [0.717, 1.165) is 17.0 Å². The second kappa shape index (κ2) is 8.43. The van der Waals surface area contributed by atoms with Gasteiger partial charge in [-0.1, -0.05) is 36.4 Å². The Morgan fingerprint density at radius 1 is 1.15 bits per heavy atom. The third-order valence-corrected chi connectivity index (χ3v) is 4.65. The van der Waals surface area contributed by atoms with Crippen LogP contribution >= 0.6 is 0 Å². The molecule has 0 fully saturated rings. The van der Waals surface area contributed by atoms with Crippen molar-refractivity contribution in [3.05, 3.63) is 84.2 Å². The second-order valence-electron chi connectivity index (χ2n) is 6.42. The summed E-state index contributed by atoms with van der Waals surface area (Å²) in [5.41, 5.74) is 2.20. The molecule has 1 aromatic carbocycles. The number of carbonyl (C=O) groups excluding carboxylic acids is 1. The highest BCUT2D eigenvalue weighted by molar-refractivity contribution is 5.77. The molecule has 0 spiro atoms. The lowest BCUT2D eigenvalue weighted by Crippen LogP contribution is -2.34. The number of hydrogen-bond donors (Lipinski definition) is 0. The van der Waals surface area contributed by atoms with E-state index in [-0.39, 0.29) is 11.9 Å². The van der Waals surface area contributed by atoms with Crippen molar-refractivity contribution in [1.29, 1.82) is 0 Å². The lowest BCUT2D eigenvalue weighted by Gasteiger charge is -2.29. The molecule has 0 radical (unpaired) electrons. The van der Waals surface area contributed by atoms with Crippen LogP contribution < -0.4 is 0 Å². The smallest absolute Gasteiger partial charge is 0.223 e. The van der Waals surface area contributed by atoms with Gasteiger partial charge in [0.2, 0.25) is 5.91 Å². The van der Waals surface area contributed by atoms with E-state index in [2.05, 4.69) is 29.0 Å². The fourth-order valence-corrected chi connectivity index (χ4v) is 2.99. The van der Waals surface area contributed by atoms with Crippen LogP contribution in [0.3, 0.4) is 0 Å². The summed E-state index contributed by atoms with van der Waals surface area (Å²) in [5.74, 6) is 0.996. The Kier molecular flexibility index (Phi) is 5.79. The predicted octanol–water partition coefficient (Wildman–Crippen LogP) is 3.54. The first-order valence-electron chi connectivity index (χ1n) is 8.84. The standard InChI is InChI=1S/C21H24N4O/c1-17(19-8-4-3-5-9-19)25(16-20-23-13-14-24(20)2)21(26)11-10-18-7-6-12-22-15-18/h3-9,12-15,17H,10-11,16H2,1-2H3/t17-/m1/s1. The second-order valence-corrected chi connectivity index (χ2v) is 6.42. The van der Waals surface area contributed by atoms with E-state index in [9.17, 15) is 4.79 Å². The SMILES string of the molecule is C[C@H](c1ccccc1)N(Cc1nccn1C)C(=O)CCc1cccnc1. The van der Waals surface area contributed by atoms with Crippen LogP contribution in [-0.4, -0.2) is 25.3 Å². The summed E-state index contributed by atoms with van der Waals surface area (Å²) in [7, 11) is 1.95. The van der Waals surface area contributed by atoms with E-state index in [1.807, 2.05) is 59.2 Å². The van der Waals surface area contributed by atoms with E-state index in [0.29, 0.717) is 19.4 Å². The molecule has 0 bridgehead atoms. The molecule has 0 unspecified atom stereocenters. The van der Waals surface area contributed by atoms with E-state index in [1.165, 1.54) is 0 Å². The van der Waals surface area contributed by atoms with Crippen molar-refractivity contribution in [2.45, 2.75) is 32.4 Å². The van der Waals surface area contributed by atoms with Crippen LogP contribution in [0.2, 0.25) is 0 Å². The van der Waals surface area contributed by atoms with Crippen molar-refractivity contribution in [1.82, 2.24) is 19.4 Å². The molecular formula is C21H24N4O. The molecule has 1 amide bonds. The summed E-state index contributed by atoms with van der Waals surface area (Å²) in [6.07, 6.45) is 8.37. The molecule has 5 nitrogen and oxygen atoms in total. The molecule has 2 heterocycles. The maximum Gasteiger partial charge on any atom is 0.223 e. The van der Waals surface area contributed by atoms with Gasteiger partial charge in [-0.05, 0) is 30.5 Å². The fraction of sp³-hybridized carbons (Fsp3) is 0.286. The molecule has 0 aliphatic heterocycles. The van der Waals surface area contributed by atoms with Gasteiger partial charge in [-0.25, -0.2) is 4.98 Å². The largest absolute Gasteiger partial charge is 0.337 e. The Morgan fingerprint density at radius 2 is 1.96 bits per heavy atom. The number of imidazole rings is 1. The van der Waals surface area contributed by atoms with Crippen molar-refractivity contribution in [2.24, 2.45) is 7.05 Å². The molecule has 0 aliphatic rings. The van der Waals surface area contributed by atoms with Crippen LogP contribution in [0, 0.1) is 0 Å². The topological polar surface area (TPSA) is 51.0 Å². The molecular weight excluding hydrogens is 324 g/mol. The first-order valence-corrected chi connectivity index (χ1v) is 8.84. The minimum Gasteiger partial charge on any atom is -0.337 e. The first-order chi connectivity index (χ1) is 12.6. The molecule has 0 N–H and O–H groups in total. The normalized spacial score (nSPS) is 11.9. The van der Waals surface area contributed by atoms with E-state index >= 15 is 0 Å². The van der Waals surface area contributed by atoms with Gasteiger partial charge in [0.25, 0.3) is 0 Å². The number of hydrogen-bond acceptors (Lipinski definition) is 3. The highest BCUT2D eigenvalue weighted by Gasteiger charge is 2.23. The summed E-state index contributed by atoms with van der Waals surface area (Å²) < 4.78 is 1.96. The van der Waals surface area contributed by atoms with E-state index < -0.39 is 0 Å². The average Bonchev–Trinajstić information content (AvgIpc) is 3.10. The van der Waals surface area contributed by atoms with Gasteiger partial charge in [-0.3, -0.25) is 9.78 Å². The van der Waals surface area contributed by atoms with Gasteiger partial charge in [-0.15, -0.1) is 0 Å². The van der Waals surface area contributed by atoms with Gasteiger partial charge >= 0.3 is 0 Å². The summed E-state index contributed by atoms with van der Waals surface area (Å²) >= 11 is 0. The van der Waals surface area contributed by atoms with E-state index in [1.54, 1.807) is 12.4 Å². The fourth-order valence-electron chi connectivity index (χ4n) is 2.99. The van der Waals surface area contributed by atoms with Crippen LogP contribution in [0.5, 0.6) is 0 Å². The number of rotatable bonds is 7. The lowest BCUT2D eigenvalue weighted by molar-refractivity contribution is -0.134. The minimum absolute atomic E-state index is 0.0192. The molecule has 1 atom stereocenters. The molecule has 26 heavy (non-hydrogen) atoms. The lowest BCUT2D eigenvalue weighted by atomic mass is 10.1. The zero-order valence-electron chi connectivity index (χ0n) is 15.2. The van der Waals surface area contributed by atoms with Gasteiger partial charge in [0.1, 0.15) is 5.82 Å². The van der Waals surface area contributed by atoms with Crippen LogP contribution in [-0.2, 0) is 24.8 Å². The Balaban J connectivity index is 1.77. The van der Waals surface area contributed by atoms with Crippen LogP contribution in [0.4, 0.5) is 0 Å². The molecule has 134 valence electrons. The minimum atomic E-state index is -0.0192. The number of amides is 1. The van der Waals surface area contributed by atoms with Gasteiger partial charge in [0.15, 0.2) is 0 Å². The van der Waals surface area contributed by atoms with Crippen LogP contribution in [0.1, 0.15) is 36.3 Å². The first kappa shape index (κ1) is 17.9. The quantitative estimate of drug-likeness (QED) is 0.656. The molecule has 0 saturated heterocycles. The predicted molar refractivity (Wildman–Crippen MR) is 101 cm³/mol. The molecule has 0 aliphatic carbocycles. The molecule has 5 heteroatoms. The maximum absolute atomic E-state index is 13.0. The molecule has 0 saturated carbocycles. The Hall–Kier alpha value is -2.95. The van der Waals surface area contributed by atoms with Crippen LogP contribution in [0.25, 0.3) is 0 Å². The zero-order valence-corrected chi connectivity index (χ0v) is 15.2. The molecule has 2 aromatic heterocycles. The zero-order chi connectivity index (χ0) is 18.4. The maximum atomic E-state index is 13.0. The Labute approximate surface area is 154 Å². The van der Waals surface area contributed by atoms with Crippen molar-refractivity contribution in [3.63, 3.8) is 0 Å². The Bertz CT molecular complexity index is 829. The number of pyridine rings is 1. The number of nitrogens with zero attached hydrogens (tertiary/aromatic N) is 4. The van der Waals surface area contributed by atoms with Gasteiger partial charge in [0, 0.05) is 38.3 Å². The van der Waals surface area contributed by atoms with Crippen molar-refractivity contribution in [2.75, 3.05) is 0 Å². The summed E-state index contributed by atoms with van der Waals surface area (Å²) in [6.45, 7) is 2.56. The number of aryl methyl sites for hydroxylation is 2. The molecule has 3 aromatic rings. The van der Waals surface area contributed by atoms with Crippen LogP contribution in [0.15, 0.2) is 67.3 Å².